The number of nitrogens with one attached hydrogen (secondary N) is 1. The molecule has 1 saturated carbocycles. The lowest BCUT2D eigenvalue weighted by Crippen LogP contribution is -2.30. The van der Waals surface area contributed by atoms with Gasteiger partial charge in [0.1, 0.15) is 17.2 Å². The van der Waals surface area contributed by atoms with Gasteiger partial charge in [-0.05, 0) is 44.0 Å². The largest absolute Gasteiger partial charge is 0.316 e. The smallest absolute Gasteiger partial charge is 0.197 e. The van der Waals surface area contributed by atoms with Crippen LogP contribution in [0, 0.1) is 0 Å². The zero-order valence-corrected chi connectivity index (χ0v) is 13.6. The predicted molar refractivity (Wildman–Crippen MR) is 84.3 cm³/mol. The van der Waals surface area contributed by atoms with Gasteiger partial charge in [-0.15, -0.1) is 10.2 Å². The van der Waals surface area contributed by atoms with E-state index in [1.54, 1.807) is 6.20 Å². The van der Waals surface area contributed by atoms with E-state index in [2.05, 4.69) is 30.0 Å². The SMILES string of the molecule is Clc1cncnc1Sc1nnc(C2CCCNC2)n1C1CC1. The lowest BCUT2D eigenvalue weighted by Gasteiger charge is -2.22. The van der Waals surface area contributed by atoms with Crippen molar-refractivity contribution in [2.75, 3.05) is 13.1 Å². The highest BCUT2D eigenvalue weighted by atomic mass is 35.5. The fraction of sp³-hybridized carbons (Fsp3) is 0.571. The molecule has 0 amide bonds. The first kappa shape index (κ1) is 14.4. The third-order valence-corrected chi connectivity index (χ3v) is 5.46. The number of hydrogen-bond acceptors (Lipinski definition) is 6. The van der Waals surface area contributed by atoms with Crippen LogP contribution < -0.4 is 5.32 Å². The normalized spacial score (nSPS) is 22.0. The summed E-state index contributed by atoms with van der Waals surface area (Å²) in [7, 11) is 0. The summed E-state index contributed by atoms with van der Waals surface area (Å²) in [6.45, 7) is 2.09. The Morgan fingerprint density at radius 1 is 1.27 bits per heavy atom. The molecule has 1 saturated heterocycles. The molecule has 2 fully saturated rings. The first-order valence-electron chi connectivity index (χ1n) is 7.62. The van der Waals surface area contributed by atoms with Crippen molar-refractivity contribution in [3.63, 3.8) is 0 Å². The van der Waals surface area contributed by atoms with E-state index >= 15 is 0 Å². The Morgan fingerprint density at radius 3 is 2.91 bits per heavy atom. The second-order valence-electron chi connectivity index (χ2n) is 5.76. The summed E-state index contributed by atoms with van der Waals surface area (Å²) in [5.74, 6) is 1.57. The van der Waals surface area contributed by atoms with Crippen molar-refractivity contribution in [1.82, 2.24) is 30.0 Å². The Labute approximate surface area is 138 Å². The number of halogens is 1. The molecule has 22 heavy (non-hydrogen) atoms. The van der Waals surface area contributed by atoms with Crippen LogP contribution in [0.2, 0.25) is 5.02 Å². The maximum absolute atomic E-state index is 6.16. The third kappa shape index (κ3) is 2.85. The minimum atomic E-state index is 0.456. The summed E-state index contributed by atoms with van der Waals surface area (Å²) >= 11 is 7.64. The molecule has 0 aromatic carbocycles. The maximum Gasteiger partial charge on any atom is 0.197 e. The van der Waals surface area contributed by atoms with Crippen molar-refractivity contribution in [1.29, 1.82) is 0 Å². The molecular formula is C14H17ClN6S. The Kier molecular flexibility index (Phi) is 4.02. The molecule has 1 aliphatic carbocycles. The fourth-order valence-corrected chi connectivity index (χ4v) is 3.91. The Bertz CT molecular complexity index is 665. The van der Waals surface area contributed by atoms with Gasteiger partial charge in [0.25, 0.3) is 0 Å². The van der Waals surface area contributed by atoms with Crippen molar-refractivity contribution in [2.24, 2.45) is 0 Å². The zero-order chi connectivity index (χ0) is 14.9. The van der Waals surface area contributed by atoms with Gasteiger partial charge in [-0.1, -0.05) is 11.6 Å². The molecule has 1 atom stereocenters. The molecule has 0 spiro atoms. The van der Waals surface area contributed by atoms with Crippen molar-refractivity contribution >= 4 is 23.4 Å². The van der Waals surface area contributed by atoms with Crippen LogP contribution in [0.25, 0.3) is 0 Å². The molecule has 1 N–H and O–H groups in total. The standard InChI is InChI=1S/C14H17ClN6S/c15-11-7-17-8-18-13(11)22-14-20-19-12(21(14)10-3-4-10)9-2-1-5-16-6-9/h7-10,16H,1-6H2. The molecule has 6 nitrogen and oxygen atoms in total. The van der Waals surface area contributed by atoms with Gasteiger partial charge in [-0.3, -0.25) is 0 Å². The van der Waals surface area contributed by atoms with E-state index in [-0.39, 0.29) is 0 Å². The predicted octanol–water partition coefficient (Wildman–Crippen LogP) is 2.67. The number of hydrogen-bond donors (Lipinski definition) is 1. The first-order chi connectivity index (χ1) is 10.8. The zero-order valence-electron chi connectivity index (χ0n) is 12.1. The third-order valence-electron chi connectivity index (χ3n) is 4.09. The Morgan fingerprint density at radius 2 is 2.18 bits per heavy atom. The van der Waals surface area contributed by atoms with Crippen LogP contribution in [0.5, 0.6) is 0 Å². The van der Waals surface area contributed by atoms with E-state index < -0.39 is 0 Å². The van der Waals surface area contributed by atoms with Gasteiger partial charge in [0.15, 0.2) is 5.16 Å². The quantitative estimate of drug-likeness (QED) is 0.866. The van der Waals surface area contributed by atoms with Gasteiger partial charge in [-0.2, -0.15) is 0 Å². The Balaban J connectivity index is 1.65. The molecule has 2 aromatic heterocycles. The molecular weight excluding hydrogens is 320 g/mol. The molecule has 2 aliphatic rings. The van der Waals surface area contributed by atoms with Crippen LogP contribution >= 0.6 is 23.4 Å². The second kappa shape index (κ2) is 6.14. The summed E-state index contributed by atoms with van der Waals surface area (Å²) in [4.78, 5) is 8.17. The van der Waals surface area contributed by atoms with Crippen molar-refractivity contribution in [3.05, 3.63) is 23.4 Å². The van der Waals surface area contributed by atoms with Crippen molar-refractivity contribution in [3.8, 4) is 0 Å². The van der Waals surface area contributed by atoms with E-state index in [1.807, 2.05) is 0 Å². The van der Waals surface area contributed by atoms with Crippen molar-refractivity contribution in [2.45, 2.75) is 47.8 Å². The summed E-state index contributed by atoms with van der Waals surface area (Å²) < 4.78 is 2.31. The Hall–Kier alpha value is -1.18. The first-order valence-corrected chi connectivity index (χ1v) is 8.81. The molecule has 2 aromatic rings. The van der Waals surface area contributed by atoms with Gasteiger partial charge in [0, 0.05) is 18.5 Å². The highest BCUT2D eigenvalue weighted by Crippen LogP contribution is 2.42. The summed E-state index contributed by atoms with van der Waals surface area (Å²) in [5, 5.41) is 14.6. The number of nitrogens with zero attached hydrogens (tertiary/aromatic N) is 5. The molecule has 1 unspecified atom stereocenters. The van der Waals surface area contributed by atoms with E-state index in [4.69, 9.17) is 11.6 Å². The molecule has 3 heterocycles. The highest BCUT2D eigenvalue weighted by molar-refractivity contribution is 7.99. The van der Waals surface area contributed by atoms with Crippen LogP contribution in [-0.2, 0) is 0 Å². The number of aromatic nitrogens is 5. The lowest BCUT2D eigenvalue weighted by atomic mass is 9.99. The molecule has 4 rings (SSSR count). The van der Waals surface area contributed by atoms with Crippen LogP contribution in [0.1, 0.15) is 43.5 Å². The van der Waals surface area contributed by atoms with E-state index in [1.165, 1.54) is 43.8 Å². The summed E-state index contributed by atoms with van der Waals surface area (Å²) in [6.07, 6.45) is 7.91. The average molecular weight is 337 g/mol. The average Bonchev–Trinajstić information content (AvgIpc) is 3.31. The molecule has 1 aliphatic heterocycles. The fourth-order valence-electron chi connectivity index (χ4n) is 2.85. The van der Waals surface area contributed by atoms with Crippen LogP contribution in [0.4, 0.5) is 0 Å². The summed E-state index contributed by atoms with van der Waals surface area (Å²) in [5.41, 5.74) is 0. The van der Waals surface area contributed by atoms with E-state index in [0.29, 0.717) is 17.0 Å². The van der Waals surface area contributed by atoms with E-state index in [0.717, 1.165) is 29.1 Å². The van der Waals surface area contributed by atoms with Crippen molar-refractivity contribution < 1.29 is 0 Å². The second-order valence-corrected chi connectivity index (χ2v) is 7.13. The van der Waals surface area contributed by atoms with Gasteiger partial charge in [0.2, 0.25) is 0 Å². The minimum absolute atomic E-state index is 0.456. The lowest BCUT2D eigenvalue weighted by molar-refractivity contribution is 0.428. The van der Waals surface area contributed by atoms with Gasteiger partial charge < -0.3 is 9.88 Å². The maximum atomic E-state index is 6.16. The molecule has 0 bridgehead atoms. The molecule has 116 valence electrons. The van der Waals surface area contributed by atoms with Crippen LogP contribution in [0.3, 0.4) is 0 Å². The topological polar surface area (TPSA) is 68.5 Å². The van der Waals surface area contributed by atoms with Crippen LogP contribution in [0.15, 0.2) is 22.7 Å². The number of piperidine rings is 1. The van der Waals surface area contributed by atoms with Gasteiger partial charge in [0.05, 0.1) is 11.2 Å². The minimum Gasteiger partial charge on any atom is -0.316 e. The molecule has 0 radical (unpaired) electrons. The number of rotatable bonds is 4. The van der Waals surface area contributed by atoms with Gasteiger partial charge in [-0.25, -0.2) is 9.97 Å². The van der Waals surface area contributed by atoms with Gasteiger partial charge >= 0.3 is 0 Å². The molecule has 8 heteroatoms. The monoisotopic (exact) mass is 336 g/mol. The van der Waals surface area contributed by atoms with Crippen LogP contribution in [-0.4, -0.2) is 37.8 Å². The summed E-state index contributed by atoms with van der Waals surface area (Å²) in [6, 6.07) is 0.537. The van der Waals surface area contributed by atoms with E-state index in [9.17, 15) is 0 Å². The highest BCUT2D eigenvalue weighted by Gasteiger charge is 2.33.